The second-order valence-electron chi connectivity index (χ2n) is 6.81. The van der Waals surface area contributed by atoms with Gasteiger partial charge in [0.25, 0.3) is 5.91 Å². The van der Waals surface area contributed by atoms with Crippen LogP contribution in [0.1, 0.15) is 6.92 Å². The summed E-state index contributed by atoms with van der Waals surface area (Å²) in [6.45, 7) is 2.84. The molecule has 1 fully saturated rings. The van der Waals surface area contributed by atoms with Gasteiger partial charge >= 0.3 is 0 Å². The third-order valence-electron chi connectivity index (χ3n) is 4.76. The minimum absolute atomic E-state index is 0.0619. The summed E-state index contributed by atoms with van der Waals surface area (Å²) in [5.41, 5.74) is 0.239. The Hall–Kier alpha value is -2.82. The van der Waals surface area contributed by atoms with Gasteiger partial charge < -0.3 is 24.3 Å². The van der Waals surface area contributed by atoms with Crippen LogP contribution in [0.4, 0.5) is 5.69 Å². The van der Waals surface area contributed by atoms with Crippen LogP contribution in [0.15, 0.2) is 47.4 Å². The molecular weight excluding hydrogens is 424 g/mol. The van der Waals surface area contributed by atoms with E-state index in [1.807, 2.05) is 0 Å². The fourth-order valence-corrected chi connectivity index (χ4v) is 4.48. The average Bonchev–Trinajstić information content (AvgIpc) is 2.79. The van der Waals surface area contributed by atoms with E-state index in [2.05, 4.69) is 5.32 Å². The molecule has 2 aromatic rings. The second kappa shape index (κ2) is 9.99. The predicted octanol–water partition coefficient (Wildman–Crippen LogP) is 2.13. The lowest BCUT2D eigenvalue weighted by atomic mass is 10.2. The highest BCUT2D eigenvalue weighted by Gasteiger charge is 2.27. The van der Waals surface area contributed by atoms with Crippen molar-refractivity contribution in [1.82, 2.24) is 4.31 Å². The van der Waals surface area contributed by atoms with E-state index in [1.54, 1.807) is 38.3 Å². The molecule has 0 aromatic heterocycles. The Bertz CT molecular complexity index is 1020. The summed E-state index contributed by atoms with van der Waals surface area (Å²) < 4.78 is 48.6. The number of carbonyl (C=O) groups excluding carboxylic acids is 1. The average molecular weight is 451 g/mol. The molecule has 0 spiro atoms. The quantitative estimate of drug-likeness (QED) is 0.657. The molecule has 3 rings (SSSR count). The van der Waals surface area contributed by atoms with E-state index in [1.165, 1.54) is 29.6 Å². The van der Waals surface area contributed by atoms with E-state index in [9.17, 15) is 13.2 Å². The normalized spacial score (nSPS) is 15.7. The number of methoxy groups -OCH3 is 2. The Balaban J connectivity index is 1.77. The number of sulfonamides is 1. The molecule has 1 aliphatic heterocycles. The molecule has 168 valence electrons. The van der Waals surface area contributed by atoms with Gasteiger partial charge in [-0.1, -0.05) is 6.07 Å². The number of nitrogens with one attached hydrogen (secondary N) is 1. The van der Waals surface area contributed by atoms with Crippen molar-refractivity contribution in [3.8, 4) is 17.2 Å². The van der Waals surface area contributed by atoms with Gasteiger partial charge in [0.1, 0.15) is 17.2 Å². The molecule has 1 N–H and O–H groups in total. The molecule has 1 heterocycles. The summed E-state index contributed by atoms with van der Waals surface area (Å²) in [5, 5.41) is 2.70. The van der Waals surface area contributed by atoms with Crippen molar-refractivity contribution in [3.63, 3.8) is 0 Å². The molecule has 1 atom stereocenters. The minimum atomic E-state index is -3.72. The van der Waals surface area contributed by atoms with Crippen LogP contribution in [-0.2, 0) is 19.6 Å². The smallest absolute Gasteiger partial charge is 0.265 e. The highest BCUT2D eigenvalue weighted by molar-refractivity contribution is 7.89. The molecule has 2 aromatic carbocycles. The summed E-state index contributed by atoms with van der Waals surface area (Å²) in [7, 11) is -0.738. The first-order valence-corrected chi connectivity index (χ1v) is 11.2. The molecule has 31 heavy (non-hydrogen) atoms. The van der Waals surface area contributed by atoms with Crippen molar-refractivity contribution >= 4 is 21.6 Å². The van der Waals surface area contributed by atoms with Crippen LogP contribution in [0, 0.1) is 0 Å². The number of carbonyl (C=O) groups is 1. The van der Waals surface area contributed by atoms with Crippen molar-refractivity contribution in [2.75, 3.05) is 45.8 Å². The zero-order chi connectivity index (χ0) is 22.4. The molecule has 1 aliphatic rings. The van der Waals surface area contributed by atoms with Crippen molar-refractivity contribution in [1.29, 1.82) is 0 Å². The van der Waals surface area contributed by atoms with Gasteiger partial charge in [0, 0.05) is 19.2 Å². The lowest BCUT2D eigenvalue weighted by Crippen LogP contribution is -2.40. The highest BCUT2D eigenvalue weighted by atomic mass is 32.2. The number of hydrogen-bond acceptors (Lipinski definition) is 7. The fourth-order valence-electron chi connectivity index (χ4n) is 3.05. The molecule has 0 radical (unpaired) electrons. The van der Waals surface area contributed by atoms with Gasteiger partial charge in [0.2, 0.25) is 10.0 Å². The van der Waals surface area contributed by atoms with Crippen LogP contribution >= 0.6 is 0 Å². The third-order valence-corrected chi connectivity index (χ3v) is 6.65. The van der Waals surface area contributed by atoms with Crippen LogP contribution in [-0.4, -0.2) is 65.3 Å². The first-order valence-electron chi connectivity index (χ1n) is 9.72. The molecule has 0 unspecified atom stereocenters. The second-order valence-corrected chi connectivity index (χ2v) is 8.74. The third kappa shape index (κ3) is 5.46. The van der Waals surface area contributed by atoms with E-state index < -0.39 is 22.0 Å². The highest BCUT2D eigenvalue weighted by Crippen LogP contribution is 2.30. The Morgan fingerprint density at radius 1 is 1.06 bits per heavy atom. The summed E-state index contributed by atoms with van der Waals surface area (Å²) in [6, 6.07) is 11.2. The minimum Gasteiger partial charge on any atom is -0.497 e. The molecule has 0 aliphatic carbocycles. The summed E-state index contributed by atoms with van der Waals surface area (Å²) in [5.74, 6) is 0.954. The zero-order valence-corrected chi connectivity index (χ0v) is 18.5. The van der Waals surface area contributed by atoms with E-state index in [0.29, 0.717) is 30.5 Å². The van der Waals surface area contributed by atoms with Crippen molar-refractivity contribution in [2.24, 2.45) is 0 Å². The fraction of sp³-hybridized carbons (Fsp3) is 0.381. The first-order chi connectivity index (χ1) is 14.8. The first kappa shape index (κ1) is 22.9. The van der Waals surface area contributed by atoms with Gasteiger partial charge in [-0.25, -0.2) is 8.42 Å². The SMILES string of the molecule is COc1cccc(O[C@H](C)C(=O)Nc2cc(S(=O)(=O)N3CCOCC3)ccc2OC)c1. The summed E-state index contributed by atoms with van der Waals surface area (Å²) >= 11 is 0. The standard InChI is InChI=1S/C21H26N2O7S/c1-15(30-17-6-4-5-16(13-17)27-2)21(24)22-19-14-18(7-8-20(19)28-3)31(25,26)23-9-11-29-12-10-23/h4-8,13-15H,9-12H2,1-3H3,(H,22,24)/t15-/m1/s1. The number of anilines is 1. The van der Waals surface area contributed by atoms with Crippen LogP contribution in [0.2, 0.25) is 0 Å². The van der Waals surface area contributed by atoms with E-state index >= 15 is 0 Å². The van der Waals surface area contributed by atoms with E-state index in [4.69, 9.17) is 18.9 Å². The van der Waals surface area contributed by atoms with Gasteiger partial charge in [-0.15, -0.1) is 0 Å². The molecule has 1 amide bonds. The molecule has 10 heteroatoms. The maximum Gasteiger partial charge on any atom is 0.265 e. The largest absolute Gasteiger partial charge is 0.497 e. The molecule has 0 saturated carbocycles. The number of hydrogen-bond donors (Lipinski definition) is 1. The predicted molar refractivity (Wildman–Crippen MR) is 114 cm³/mol. The van der Waals surface area contributed by atoms with E-state index in [0.717, 1.165) is 0 Å². The van der Waals surface area contributed by atoms with Gasteiger partial charge in [0.05, 0.1) is 38.0 Å². The topological polar surface area (TPSA) is 103 Å². The number of rotatable bonds is 8. The number of morpholine rings is 1. The Labute approximate surface area is 181 Å². The van der Waals surface area contributed by atoms with Crippen LogP contribution in [0.25, 0.3) is 0 Å². The maximum atomic E-state index is 12.9. The molecule has 9 nitrogen and oxygen atoms in total. The monoisotopic (exact) mass is 450 g/mol. The Morgan fingerprint density at radius 3 is 2.45 bits per heavy atom. The van der Waals surface area contributed by atoms with Crippen molar-refractivity contribution in [3.05, 3.63) is 42.5 Å². The summed E-state index contributed by atoms with van der Waals surface area (Å²) in [4.78, 5) is 12.8. The van der Waals surface area contributed by atoms with Crippen LogP contribution < -0.4 is 19.5 Å². The van der Waals surface area contributed by atoms with Crippen molar-refractivity contribution < 1.29 is 32.2 Å². The van der Waals surface area contributed by atoms with Gasteiger partial charge in [-0.2, -0.15) is 4.31 Å². The van der Waals surface area contributed by atoms with Gasteiger partial charge in [-0.3, -0.25) is 4.79 Å². The Morgan fingerprint density at radius 2 is 1.77 bits per heavy atom. The van der Waals surface area contributed by atoms with E-state index in [-0.39, 0.29) is 23.7 Å². The number of ether oxygens (including phenoxy) is 4. The lowest BCUT2D eigenvalue weighted by Gasteiger charge is -2.26. The molecule has 0 bridgehead atoms. The number of amides is 1. The van der Waals surface area contributed by atoms with Gasteiger partial charge in [-0.05, 0) is 37.3 Å². The van der Waals surface area contributed by atoms with Crippen LogP contribution in [0.5, 0.6) is 17.2 Å². The van der Waals surface area contributed by atoms with Crippen molar-refractivity contribution in [2.45, 2.75) is 17.9 Å². The Kier molecular flexibility index (Phi) is 7.37. The lowest BCUT2D eigenvalue weighted by molar-refractivity contribution is -0.122. The molecule has 1 saturated heterocycles. The molecular formula is C21H26N2O7S. The van der Waals surface area contributed by atoms with Gasteiger partial charge in [0.15, 0.2) is 6.10 Å². The maximum absolute atomic E-state index is 12.9. The number of nitrogens with zero attached hydrogens (tertiary/aromatic N) is 1. The number of benzene rings is 2. The van der Waals surface area contributed by atoms with Crippen LogP contribution in [0.3, 0.4) is 0 Å². The summed E-state index contributed by atoms with van der Waals surface area (Å²) in [6.07, 6.45) is -0.851. The zero-order valence-electron chi connectivity index (χ0n) is 17.7.